The van der Waals surface area contributed by atoms with E-state index >= 15 is 0 Å². The van der Waals surface area contributed by atoms with E-state index in [0.29, 0.717) is 0 Å². The first-order valence-corrected chi connectivity index (χ1v) is 8.23. The second-order valence-electron chi connectivity index (χ2n) is 3.46. The van der Waals surface area contributed by atoms with Gasteiger partial charge in [0.2, 0.25) is 10.0 Å². The summed E-state index contributed by atoms with van der Waals surface area (Å²) in [5.74, 6) is -0.496. The summed E-state index contributed by atoms with van der Waals surface area (Å²) in [6.45, 7) is 1.43. The van der Waals surface area contributed by atoms with E-state index in [1.165, 1.54) is 13.0 Å². The predicted octanol–water partition coefficient (Wildman–Crippen LogP) is 0.557. The Labute approximate surface area is 100 Å². The van der Waals surface area contributed by atoms with E-state index in [4.69, 9.17) is 0 Å². The van der Waals surface area contributed by atoms with Crippen molar-refractivity contribution < 1.29 is 21.9 Å². The van der Waals surface area contributed by atoms with Crippen LogP contribution in [-0.4, -0.2) is 34.0 Å². The largest absolute Gasteiger partial charge is 0.506 e. The summed E-state index contributed by atoms with van der Waals surface area (Å²) < 4.78 is 47.3. The fourth-order valence-corrected chi connectivity index (χ4v) is 2.36. The standard InChI is InChI=1S/C9H13NO5S2/c1-3-17(14,15)10-8-6-7(16(2,12)13)4-5-9(8)11/h4-6,10-11H,3H2,1-2H3. The number of aromatic hydroxyl groups is 1. The van der Waals surface area contributed by atoms with E-state index in [-0.39, 0.29) is 22.1 Å². The minimum absolute atomic E-state index is 0.0656. The number of rotatable bonds is 4. The molecule has 0 bridgehead atoms. The highest BCUT2D eigenvalue weighted by atomic mass is 32.2. The van der Waals surface area contributed by atoms with Crippen LogP contribution in [0.1, 0.15) is 6.92 Å². The second-order valence-corrected chi connectivity index (χ2v) is 7.48. The lowest BCUT2D eigenvalue weighted by Crippen LogP contribution is -2.15. The molecule has 2 N–H and O–H groups in total. The molecule has 6 nitrogen and oxygen atoms in total. The summed E-state index contributed by atoms with van der Waals surface area (Å²) in [4.78, 5) is -0.0656. The first-order valence-electron chi connectivity index (χ1n) is 4.69. The van der Waals surface area contributed by atoms with Gasteiger partial charge in [0.1, 0.15) is 5.75 Å². The Morgan fingerprint density at radius 2 is 1.82 bits per heavy atom. The number of sulfonamides is 1. The lowest BCUT2D eigenvalue weighted by molar-refractivity contribution is 0.477. The molecule has 0 aliphatic rings. The van der Waals surface area contributed by atoms with E-state index in [9.17, 15) is 21.9 Å². The molecule has 0 saturated heterocycles. The van der Waals surface area contributed by atoms with Gasteiger partial charge in [-0.05, 0) is 25.1 Å². The molecule has 0 spiro atoms. The van der Waals surface area contributed by atoms with Gasteiger partial charge in [0, 0.05) is 6.26 Å². The maximum atomic E-state index is 11.3. The molecule has 0 aromatic heterocycles. The quantitative estimate of drug-likeness (QED) is 0.784. The van der Waals surface area contributed by atoms with Crippen LogP contribution >= 0.6 is 0 Å². The maximum Gasteiger partial charge on any atom is 0.232 e. The van der Waals surface area contributed by atoms with Crippen molar-refractivity contribution in [2.45, 2.75) is 11.8 Å². The van der Waals surface area contributed by atoms with Crippen LogP contribution in [0.2, 0.25) is 0 Å². The van der Waals surface area contributed by atoms with Gasteiger partial charge in [0.05, 0.1) is 16.3 Å². The highest BCUT2D eigenvalue weighted by Gasteiger charge is 2.14. The third-order valence-corrected chi connectivity index (χ3v) is 4.44. The number of sulfone groups is 1. The van der Waals surface area contributed by atoms with Crippen molar-refractivity contribution in [1.29, 1.82) is 0 Å². The Morgan fingerprint density at radius 3 is 2.29 bits per heavy atom. The average molecular weight is 279 g/mol. The van der Waals surface area contributed by atoms with Gasteiger partial charge in [0.25, 0.3) is 0 Å². The Kier molecular flexibility index (Phi) is 3.68. The van der Waals surface area contributed by atoms with E-state index in [1.54, 1.807) is 0 Å². The van der Waals surface area contributed by atoms with Crippen molar-refractivity contribution >= 4 is 25.5 Å². The summed E-state index contributed by atoms with van der Waals surface area (Å²) in [5, 5.41) is 9.44. The third kappa shape index (κ3) is 3.60. The number of hydrogen-bond acceptors (Lipinski definition) is 5. The van der Waals surface area contributed by atoms with Crippen molar-refractivity contribution in [3.05, 3.63) is 18.2 Å². The summed E-state index contributed by atoms with van der Waals surface area (Å²) in [6, 6.07) is 3.41. The third-order valence-electron chi connectivity index (χ3n) is 2.04. The summed E-state index contributed by atoms with van der Waals surface area (Å²) in [5.41, 5.74) is -0.144. The molecular weight excluding hydrogens is 266 g/mol. The van der Waals surface area contributed by atoms with Crippen molar-refractivity contribution in [2.24, 2.45) is 0 Å². The SMILES string of the molecule is CCS(=O)(=O)Nc1cc(S(C)(=O)=O)ccc1O. The van der Waals surface area contributed by atoms with Crippen LogP contribution in [0.25, 0.3) is 0 Å². The van der Waals surface area contributed by atoms with Gasteiger partial charge >= 0.3 is 0 Å². The molecule has 17 heavy (non-hydrogen) atoms. The molecule has 0 radical (unpaired) electrons. The monoisotopic (exact) mass is 279 g/mol. The van der Waals surface area contributed by atoms with Crippen LogP contribution in [0, 0.1) is 0 Å². The van der Waals surface area contributed by atoms with Crippen molar-refractivity contribution in [3.63, 3.8) is 0 Å². The van der Waals surface area contributed by atoms with Gasteiger partial charge in [-0.15, -0.1) is 0 Å². The molecule has 8 heteroatoms. The van der Waals surface area contributed by atoms with Gasteiger partial charge in [-0.1, -0.05) is 0 Å². The smallest absolute Gasteiger partial charge is 0.232 e. The molecule has 1 aromatic carbocycles. The molecule has 0 unspecified atom stereocenters. The summed E-state index contributed by atoms with van der Waals surface area (Å²) >= 11 is 0. The average Bonchev–Trinajstić information content (AvgIpc) is 2.19. The molecule has 0 atom stereocenters. The highest BCUT2D eigenvalue weighted by molar-refractivity contribution is 7.92. The molecule has 0 aliphatic carbocycles. The number of benzene rings is 1. The van der Waals surface area contributed by atoms with E-state index in [0.717, 1.165) is 18.4 Å². The lowest BCUT2D eigenvalue weighted by atomic mass is 10.3. The van der Waals surface area contributed by atoms with Crippen molar-refractivity contribution in [3.8, 4) is 5.75 Å². The molecule has 0 fully saturated rings. The molecule has 0 heterocycles. The fraction of sp³-hybridized carbons (Fsp3) is 0.333. The van der Waals surface area contributed by atoms with Crippen LogP contribution in [0.3, 0.4) is 0 Å². The lowest BCUT2D eigenvalue weighted by Gasteiger charge is -2.09. The maximum absolute atomic E-state index is 11.3. The molecular formula is C9H13NO5S2. The molecule has 0 amide bonds. The Hall–Kier alpha value is -1.28. The minimum atomic E-state index is -3.56. The van der Waals surface area contributed by atoms with Crippen molar-refractivity contribution in [1.82, 2.24) is 0 Å². The van der Waals surface area contributed by atoms with E-state index in [1.807, 2.05) is 0 Å². The van der Waals surface area contributed by atoms with Gasteiger partial charge in [-0.2, -0.15) is 0 Å². The summed E-state index contributed by atoms with van der Waals surface area (Å²) in [7, 11) is -7.01. The topological polar surface area (TPSA) is 101 Å². The normalized spacial score (nSPS) is 12.4. The molecule has 1 rings (SSSR count). The van der Waals surface area contributed by atoms with Gasteiger partial charge in [-0.3, -0.25) is 4.72 Å². The highest BCUT2D eigenvalue weighted by Crippen LogP contribution is 2.27. The van der Waals surface area contributed by atoms with E-state index in [2.05, 4.69) is 4.72 Å². The molecule has 1 aromatic rings. The van der Waals surface area contributed by atoms with Crippen LogP contribution in [0.4, 0.5) is 5.69 Å². The first-order chi connectivity index (χ1) is 7.65. The van der Waals surface area contributed by atoms with Gasteiger partial charge in [-0.25, -0.2) is 16.8 Å². The van der Waals surface area contributed by atoms with Gasteiger partial charge < -0.3 is 5.11 Å². The summed E-state index contributed by atoms with van der Waals surface area (Å²) in [6.07, 6.45) is 0.998. The zero-order chi connectivity index (χ0) is 13.3. The number of hydrogen-bond donors (Lipinski definition) is 2. The van der Waals surface area contributed by atoms with Crippen molar-refractivity contribution in [2.75, 3.05) is 16.7 Å². The Morgan fingerprint density at radius 1 is 1.24 bits per heavy atom. The predicted molar refractivity (Wildman–Crippen MR) is 64.3 cm³/mol. The van der Waals surface area contributed by atoms with Crippen LogP contribution in [-0.2, 0) is 19.9 Å². The van der Waals surface area contributed by atoms with Crippen LogP contribution in [0.15, 0.2) is 23.1 Å². The number of anilines is 1. The van der Waals surface area contributed by atoms with Crippen LogP contribution in [0.5, 0.6) is 5.75 Å². The van der Waals surface area contributed by atoms with Gasteiger partial charge in [0.15, 0.2) is 9.84 Å². The minimum Gasteiger partial charge on any atom is -0.506 e. The Balaban J connectivity index is 3.26. The first kappa shape index (κ1) is 13.8. The zero-order valence-electron chi connectivity index (χ0n) is 9.34. The molecule has 0 saturated carbocycles. The Bertz CT molecular complexity index is 619. The number of nitrogens with one attached hydrogen (secondary N) is 1. The van der Waals surface area contributed by atoms with Crippen LogP contribution < -0.4 is 4.72 Å². The zero-order valence-corrected chi connectivity index (χ0v) is 11.0. The fourth-order valence-electron chi connectivity index (χ4n) is 1.07. The van der Waals surface area contributed by atoms with E-state index < -0.39 is 19.9 Å². The number of phenolic OH excluding ortho intramolecular Hbond substituents is 1. The molecule has 0 aliphatic heterocycles. The molecule has 96 valence electrons. The number of phenols is 1. The second kappa shape index (κ2) is 4.53.